The molecule has 1 amide bonds. The van der Waals surface area contributed by atoms with Crippen LogP contribution in [0.2, 0.25) is 0 Å². The Morgan fingerprint density at radius 3 is 2.39 bits per heavy atom. The Labute approximate surface area is 136 Å². The Balaban J connectivity index is 2.10. The van der Waals surface area contributed by atoms with Crippen molar-refractivity contribution in [3.05, 3.63) is 59.7 Å². The number of nitrogens with zero attached hydrogens (tertiary/aromatic N) is 1. The maximum Gasteiger partial charge on any atom is 0.238 e. The van der Waals surface area contributed by atoms with Crippen LogP contribution in [0, 0.1) is 6.92 Å². The van der Waals surface area contributed by atoms with E-state index in [9.17, 15) is 13.2 Å². The summed E-state index contributed by atoms with van der Waals surface area (Å²) in [6.07, 6.45) is 0. The molecule has 120 valence electrons. The molecular formula is C18H19NO3S. The molecule has 0 saturated carbocycles. The number of rotatable bonds is 3. The van der Waals surface area contributed by atoms with Crippen LogP contribution in [0.1, 0.15) is 18.1 Å². The van der Waals surface area contributed by atoms with Crippen LogP contribution < -0.4 is 4.90 Å². The summed E-state index contributed by atoms with van der Waals surface area (Å²) in [7, 11) is -1.87. The second kappa shape index (κ2) is 5.20. The van der Waals surface area contributed by atoms with Gasteiger partial charge in [0.1, 0.15) is 0 Å². The lowest BCUT2D eigenvalue weighted by Crippen LogP contribution is -2.41. The molecule has 4 nitrogen and oxygen atoms in total. The molecule has 2 aromatic carbocycles. The molecule has 0 spiro atoms. The Morgan fingerprint density at radius 2 is 1.74 bits per heavy atom. The number of hydrogen-bond donors (Lipinski definition) is 0. The van der Waals surface area contributed by atoms with Gasteiger partial charge in [-0.2, -0.15) is 0 Å². The quantitative estimate of drug-likeness (QED) is 0.870. The van der Waals surface area contributed by atoms with E-state index in [1.807, 2.05) is 25.1 Å². The molecule has 0 aromatic heterocycles. The number of carbonyl (C=O) groups excluding carboxylic acids is 1. The van der Waals surface area contributed by atoms with Crippen molar-refractivity contribution >= 4 is 21.4 Å². The fourth-order valence-corrected chi connectivity index (χ4v) is 4.99. The summed E-state index contributed by atoms with van der Waals surface area (Å²) in [5, 5.41) is 0. The molecule has 1 aliphatic heterocycles. The van der Waals surface area contributed by atoms with Gasteiger partial charge in [-0.15, -0.1) is 0 Å². The van der Waals surface area contributed by atoms with Gasteiger partial charge >= 0.3 is 0 Å². The van der Waals surface area contributed by atoms with Gasteiger partial charge in [-0.05, 0) is 37.6 Å². The topological polar surface area (TPSA) is 54.5 Å². The molecule has 1 heterocycles. The zero-order valence-electron chi connectivity index (χ0n) is 13.4. The van der Waals surface area contributed by atoms with Crippen molar-refractivity contribution < 1.29 is 13.2 Å². The van der Waals surface area contributed by atoms with Gasteiger partial charge in [0.25, 0.3) is 0 Å². The van der Waals surface area contributed by atoms with Crippen molar-refractivity contribution in [2.75, 3.05) is 17.7 Å². The molecule has 2 aromatic rings. The van der Waals surface area contributed by atoms with Crippen molar-refractivity contribution in [3.8, 4) is 0 Å². The van der Waals surface area contributed by atoms with E-state index >= 15 is 0 Å². The van der Waals surface area contributed by atoms with Gasteiger partial charge in [0.15, 0.2) is 9.84 Å². The molecule has 0 radical (unpaired) electrons. The van der Waals surface area contributed by atoms with Gasteiger partial charge < -0.3 is 4.90 Å². The maximum atomic E-state index is 12.8. The van der Waals surface area contributed by atoms with Crippen LogP contribution >= 0.6 is 0 Å². The number of anilines is 1. The van der Waals surface area contributed by atoms with Gasteiger partial charge in [-0.1, -0.05) is 35.9 Å². The highest BCUT2D eigenvalue weighted by molar-refractivity contribution is 7.91. The molecule has 0 bridgehead atoms. The predicted molar refractivity (Wildman–Crippen MR) is 90.4 cm³/mol. The molecule has 0 aliphatic carbocycles. The van der Waals surface area contributed by atoms with Crippen molar-refractivity contribution in [2.45, 2.75) is 24.2 Å². The van der Waals surface area contributed by atoms with Crippen molar-refractivity contribution in [3.63, 3.8) is 0 Å². The second-order valence-corrected chi connectivity index (χ2v) is 8.28. The summed E-state index contributed by atoms with van der Waals surface area (Å²) in [6.45, 7) is 3.66. The molecule has 23 heavy (non-hydrogen) atoms. The SMILES string of the molecule is Cc1ccc2c(c1)C(C)(CS(=O)(=O)c1ccccc1)C(=O)N2C. The lowest BCUT2D eigenvalue weighted by molar-refractivity contribution is -0.121. The van der Waals surface area contributed by atoms with E-state index in [0.29, 0.717) is 0 Å². The van der Waals surface area contributed by atoms with Crippen LogP contribution in [0.15, 0.2) is 53.4 Å². The third kappa shape index (κ3) is 2.45. The van der Waals surface area contributed by atoms with Gasteiger partial charge in [-0.3, -0.25) is 4.79 Å². The van der Waals surface area contributed by atoms with Crippen molar-refractivity contribution in [1.29, 1.82) is 0 Å². The molecular weight excluding hydrogens is 310 g/mol. The smallest absolute Gasteiger partial charge is 0.238 e. The fourth-order valence-electron chi connectivity index (χ4n) is 3.21. The molecule has 0 fully saturated rings. The average Bonchev–Trinajstić information content (AvgIpc) is 2.69. The zero-order valence-corrected chi connectivity index (χ0v) is 14.2. The minimum absolute atomic E-state index is 0.183. The summed E-state index contributed by atoms with van der Waals surface area (Å²) < 4.78 is 25.5. The van der Waals surface area contributed by atoms with E-state index in [2.05, 4.69) is 0 Å². The average molecular weight is 329 g/mol. The van der Waals surface area contributed by atoms with Gasteiger partial charge in [0.05, 0.1) is 16.1 Å². The first-order valence-electron chi connectivity index (χ1n) is 7.43. The summed E-state index contributed by atoms with van der Waals surface area (Å²) in [4.78, 5) is 14.6. The maximum absolute atomic E-state index is 12.8. The molecule has 1 atom stereocenters. The van der Waals surface area contributed by atoms with Crippen LogP contribution in [-0.4, -0.2) is 27.1 Å². The number of carbonyl (C=O) groups is 1. The number of benzene rings is 2. The Morgan fingerprint density at radius 1 is 1.09 bits per heavy atom. The minimum atomic E-state index is -3.56. The number of aryl methyl sites for hydroxylation is 1. The summed E-state index contributed by atoms with van der Waals surface area (Å²) >= 11 is 0. The highest BCUT2D eigenvalue weighted by Gasteiger charge is 2.48. The lowest BCUT2D eigenvalue weighted by atomic mass is 9.85. The second-order valence-electron chi connectivity index (χ2n) is 6.29. The van der Waals surface area contributed by atoms with E-state index in [4.69, 9.17) is 0 Å². The highest BCUT2D eigenvalue weighted by Crippen LogP contribution is 2.43. The first-order chi connectivity index (χ1) is 10.8. The molecule has 3 rings (SSSR count). The summed E-state index contributed by atoms with van der Waals surface area (Å²) in [5.74, 6) is -0.415. The standard InChI is InChI=1S/C18H19NO3S/c1-13-9-10-16-15(11-13)18(2,17(20)19(16)3)12-23(21,22)14-7-5-4-6-8-14/h4-11H,12H2,1-3H3. The largest absolute Gasteiger partial charge is 0.314 e. The third-order valence-corrected chi connectivity index (χ3v) is 6.41. The fraction of sp³-hybridized carbons (Fsp3) is 0.278. The lowest BCUT2D eigenvalue weighted by Gasteiger charge is -2.23. The molecule has 0 N–H and O–H groups in total. The van der Waals surface area contributed by atoms with Crippen LogP contribution in [0.4, 0.5) is 5.69 Å². The Kier molecular flexibility index (Phi) is 3.56. The Hall–Kier alpha value is -2.14. The highest BCUT2D eigenvalue weighted by atomic mass is 32.2. The van der Waals surface area contributed by atoms with Gasteiger partial charge in [-0.25, -0.2) is 8.42 Å². The number of hydrogen-bond acceptors (Lipinski definition) is 3. The number of sulfone groups is 1. The van der Waals surface area contributed by atoms with Gasteiger partial charge in [0.2, 0.25) is 5.91 Å². The van der Waals surface area contributed by atoms with Crippen LogP contribution in [-0.2, 0) is 20.0 Å². The van der Waals surface area contributed by atoms with Crippen LogP contribution in [0.25, 0.3) is 0 Å². The molecule has 1 aliphatic rings. The van der Waals surface area contributed by atoms with Gasteiger partial charge in [0, 0.05) is 12.7 Å². The predicted octanol–water partition coefficient (Wildman–Crippen LogP) is 2.70. The van der Waals surface area contributed by atoms with Crippen LogP contribution in [0.3, 0.4) is 0 Å². The third-order valence-electron chi connectivity index (χ3n) is 4.47. The van der Waals surface area contributed by atoms with E-state index in [0.717, 1.165) is 16.8 Å². The van der Waals surface area contributed by atoms with E-state index in [-0.39, 0.29) is 16.6 Å². The first kappa shape index (κ1) is 15.7. The Bertz CT molecular complexity index is 874. The molecule has 5 heteroatoms. The number of likely N-dealkylation sites (N-methyl/N-ethyl adjacent to an activating group) is 1. The summed E-state index contributed by atoms with van der Waals surface area (Å²) in [6, 6.07) is 14.0. The number of amides is 1. The summed E-state index contributed by atoms with van der Waals surface area (Å²) in [5.41, 5.74) is 1.51. The molecule has 0 saturated heterocycles. The van der Waals surface area contributed by atoms with E-state index in [1.165, 1.54) is 0 Å². The van der Waals surface area contributed by atoms with Crippen molar-refractivity contribution in [2.24, 2.45) is 0 Å². The van der Waals surface area contributed by atoms with Crippen molar-refractivity contribution in [1.82, 2.24) is 0 Å². The number of fused-ring (bicyclic) bond motifs is 1. The monoisotopic (exact) mass is 329 g/mol. The zero-order chi connectivity index (χ0) is 16.8. The normalized spacial score (nSPS) is 20.7. The molecule has 1 unspecified atom stereocenters. The van der Waals surface area contributed by atoms with Crippen LogP contribution in [0.5, 0.6) is 0 Å². The van der Waals surface area contributed by atoms with E-state index in [1.54, 1.807) is 49.2 Å². The minimum Gasteiger partial charge on any atom is -0.314 e. The first-order valence-corrected chi connectivity index (χ1v) is 9.08. The van der Waals surface area contributed by atoms with E-state index < -0.39 is 15.3 Å².